The fourth-order valence-electron chi connectivity index (χ4n) is 2.63. The maximum atomic E-state index is 2.48. The van der Waals surface area contributed by atoms with Crippen molar-refractivity contribution in [2.75, 3.05) is 0 Å². The number of rotatable bonds is 8. The molecule has 0 saturated carbocycles. The maximum Gasteiger partial charge on any atom is -0.0198 e. The summed E-state index contributed by atoms with van der Waals surface area (Å²) in [6.07, 6.45) is 18.1. The average molecular weight is 234 g/mol. The fourth-order valence-corrected chi connectivity index (χ4v) is 2.63. The highest BCUT2D eigenvalue weighted by Crippen LogP contribution is 2.27. The SMILES string of the molecule is CCCCC[C@@H](CC)CC1=CCC(CC)C=C1. The first-order valence-corrected chi connectivity index (χ1v) is 7.67. The van der Waals surface area contributed by atoms with E-state index in [0.717, 1.165) is 11.8 Å². The normalized spacial score (nSPS) is 21.4. The molecule has 0 heteroatoms. The highest BCUT2D eigenvalue weighted by molar-refractivity contribution is 5.23. The highest BCUT2D eigenvalue weighted by Gasteiger charge is 2.11. The highest BCUT2D eigenvalue weighted by atomic mass is 14.2. The fraction of sp³-hybridized carbons (Fsp3) is 0.765. The van der Waals surface area contributed by atoms with Gasteiger partial charge in [0.2, 0.25) is 0 Å². The van der Waals surface area contributed by atoms with E-state index in [9.17, 15) is 0 Å². The Labute approximate surface area is 108 Å². The van der Waals surface area contributed by atoms with Gasteiger partial charge in [-0.3, -0.25) is 0 Å². The molecule has 0 aromatic rings. The van der Waals surface area contributed by atoms with Crippen LogP contribution in [0.1, 0.15) is 72.1 Å². The van der Waals surface area contributed by atoms with Crippen molar-refractivity contribution in [3.8, 4) is 0 Å². The molecular weight excluding hydrogens is 204 g/mol. The van der Waals surface area contributed by atoms with Crippen LogP contribution in [0.15, 0.2) is 23.8 Å². The molecule has 0 aromatic heterocycles. The molecule has 0 N–H and O–H groups in total. The van der Waals surface area contributed by atoms with E-state index in [1.807, 2.05) is 0 Å². The Hall–Kier alpha value is -0.520. The molecule has 0 aliphatic heterocycles. The number of unbranched alkanes of at least 4 members (excludes halogenated alkanes) is 2. The Morgan fingerprint density at radius 3 is 2.59 bits per heavy atom. The molecule has 1 aliphatic rings. The van der Waals surface area contributed by atoms with Crippen LogP contribution in [0.2, 0.25) is 0 Å². The molecule has 1 unspecified atom stereocenters. The summed E-state index contributed by atoms with van der Waals surface area (Å²) in [6.45, 7) is 6.92. The molecule has 0 heterocycles. The number of hydrogen-bond donors (Lipinski definition) is 0. The largest absolute Gasteiger partial charge is 0.0809 e. The molecule has 1 rings (SSSR count). The Morgan fingerprint density at radius 1 is 1.24 bits per heavy atom. The lowest BCUT2D eigenvalue weighted by molar-refractivity contribution is 0.442. The van der Waals surface area contributed by atoms with Crippen LogP contribution in [0, 0.1) is 11.8 Å². The van der Waals surface area contributed by atoms with Crippen LogP contribution in [0.3, 0.4) is 0 Å². The van der Waals surface area contributed by atoms with E-state index >= 15 is 0 Å². The molecule has 98 valence electrons. The lowest BCUT2D eigenvalue weighted by Crippen LogP contribution is -2.04. The van der Waals surface area contributed by atoms with Crippen molar-refractivity contribution in [3.05, 3.63) is 23.8 Å². The standard InChI is InChI=1S/C17H30/c1-4-7-8-9-16(6-3)14-17-12-10-15(5-2)11-13-17/h10,12-13,15-16H,4-9,11,14H2,1-3H3/t15?,16-/m1/s1. The summed E-state index contributed by atoms with van der Waals surface area (Å²) in [6, 6.07) is 0. The van der Waals surface area contributed by atoms with Gasteiger partial charge in [0.05, 0.1) is 0 Å². The van der Waals surface area contributed by atoms with Crippen LogP contribution >= 0.6 is 0 Å². The summed E-state index contributed by atoms with van der Waals surface area (Å²) >= 11 is 0. The van der Waals surface area contributed by atoms with Gasteiger partial charge in [-0.25, -0.2) is 0 Å². The van der Waals surface area contributed by atoms with Gasteiger partial charge in [-0.15, -0.1) is 0 Å². The predicted molar refractivity (Wildman–Crippen MR) is 78.2 cm³/mol. The first kappa shape index (κ1) is 14.5. The van der Waals surface area contributed by atoms with Gasteiger partial charge in [-0.2, -0.15) is 0 Å². The van der Waals surface area contributed by atoms with Crippen molar-refractivity contribution in [2.45, 2.75) is 72.1 Å². The van der Waals surface area contributed by atoms with Crippen LogP contribution in [-0.2, 0) is 0 Å². The zero-order valence-corrected chi connectivity index (χ0v) is 12.0. The Bertz CT molecular complexity index is 247. The Kier molecular flexibility index (Phi) is 7.32. The van der Waals surface area contributed by atoms with Crippen molar-refractivity contribution in [3.63, 3.8) is 0 Å². The van der Waals surface area contributed by atoms with Gasteiger partial charge in [-0.1, -0.05) is 76.7 Å². The molecule has 1 aliphatic carbocycles. The van der Waals surface area contributed by atoms with Crippen LogP contribution in [-0.4, -0.2) is 0 Å². The van der Waals surface area contributed by atoms with Gasteiger partial charge in [0, 0.05) is 0 Å². The number of allylic oxidation sites excluding steroid dienone is 4. The van der Waals surface area contributed by atoms with E-state index in [1.54, 1.807) is 5.57 Å². The molecule has 0 nitrogen and oxygen atoms in total. The first-order chi connectivity index (χ1) is 8.30. The summed E-state index contributed by atoms with van der Waals surface area (Å²) < 4.78 is 0. The summed E-state index contributed by atoms with van der Waals surface area (Å²) in [7, 11) is 0. The third-order valence-corrected chi connectivity index (χ3v) is 4.11. The topological polar surface area (TPSA) is 0 Å². The monoisotopic (exact) mass is 234 g/mol. The van der Waals surface area contributed by atoms with Crippen molar-refractivity contribution in [2.24, 2.45) is 11.8 Å². The van der Waals surface area contributed by atoms with Crippen LogP contribution < -0.4 is 0 Å². The summed E-state index contributed by atoms with van der Waals surface area (Å²) in [4.78, 5) is 0. The summed E-state index contributed by atoms with van der Waals surface area (Å²) in [5.41, 5.74) is 1.60. The van der Waals surface area contributed by atoms with Gasteiger partial charge in [0.25, 0.3) is 0 Å². The molecule has 0 bridgehead atoms. The molecule has 0 fully saturated rings. The Morgan fingerprint density at radius 2 is 2.06 bits per heavy atom. The Balaban J connectivity index is 2.31. The third-order valence-electron chi connectivity index (χ3n) is 4.11. The van der Waals surface area contributed by atoms with Crippen LogP contribution in [0.25, 0.3) is 0 Å². The summed E-state index contributed by atoms with van der Waals surface area (Å²) in [5, 5.41) is 0. The second-order valence-corrected chi connectivity index (χ2v) is 5.52. The van der Waals surface area contributed by atoms with E-state index in [4.69, 9.17) is 0 Å². The van der Waals surface area contributed by atoms with Crippen LogP contribution in [0.4, 0.5) is 0 Å². The minimum absolute atomic E-state index is 0.805. The quantitative estimate of drug-likeness (QED) is 0.459. The zero-order chi connectivity index (χ0) is 12.5. The second kappa shape index (κ2) is 8.55. The molecule has 0 aromatic carbocycles. The smallest absolute Gasteiger partial charge is 0.0198 e. The minimum Gasteiger partial charge on any atom is -0.0809 e. The van der Waals surface area contributed by atoms with Crippen molar-refractivity contribution >= 4 is 0 Å². The van der Waals surface area contributed by atoms with E-state index in [-0.39, 0.29) is 0 Å². The van der Waals surface area contributed by atoms with Crippen molar-refractivity contribution in [1.82, 2.24) is 0 Å². The third kappa shape index (κ3) is 5.57. The molecule has 0 amide bonds. The van der Waals surface area contributed by atoms with E-state index in [2.05, 4.69) is 39.0 Å². The second-order valence-electron chi connectivity index (χ2n) is 5.52. The molecule has 0 spiro atoms. The minimum atomic E-state index is 0.805. The van der Waals surface area contributed by atoms with Gasteiger partial charge in [0.1, 0.15) is 0 Å². The van der Waals surface area contributed by atoms with Gasteiger partial charge in [-0.05, 0) is 31.1 Å². The lowest BCUT2D eigenvalue weighted by atomic mass is 9.87. The molecule has 0 radical (unpaired) electrons. The molecular formula is C17H30. The molecule has 0 saturated heterocycles. The molecule has 17 heavy (non-hydrogen) atoms. The zero-order valence-electron chi connectivity index (χ0n) is 12.0. The van der Waals surface area contributed by atoms with E-state index < -0.39 is 0 Å². The lowest BCUT2D eigenvalue weighted by Gasteiger charge is -2.19. The van der Waals surface area contributed by atoms with Crippen molar-refractivity contribution in [1.29, 1.82) is 0 Å². The van der Waals surface area contributed by atoms with Gasteiger partial charge >= 0.3 is 0 Å². The number of hydrogen-bond acceptors (Lipinski definition) is 0. The van der Waals surface area contributed by atoms with Gasteiger partial charge < -0.3 is 0 Å². The van der Waals surface area contributed by atoms with Crippen molar-refractivity contribution < 1.29 is 0 Å². The average Bonchev–Trinajstić information content (AvgIpc) is 2.38. The van der Waals surface area contributed by atoms with Crippen LogP contribution in [0.5, 0.6) is 0 Å². The van der Waals surface area contributed by atoms with E-state index in [1.165, 1.54) is 51.4 Å². The van der Waals surface area contributed by atoms with Gasteiger partial charge in [0.15, 0.2) is 0 Å². The summed E-state index contributed by atoms with van der Waals surface area (Å²) in [5.74, 6) is 1.72. The van der Waals surface area contributed by atoms with E-state index in [0.29, 0.717) is 0 Å². The maximum absolute atomic E-state index is 2.48. The predicted octanol–water partition coefficient (Wildman–Crippen LogP) is 5.90. The molecule has 2 atom stereocenters. The first-order valence-electron chi connectivity index (χ1n) is 7.67.